The van der Waals surface area contributed by atoms with Crippen molar-refractivity contribution >= 4 is 57.5 Å². The van der Waals surface area contributed by atoms with Crippen molar-refractivity contribution in [1.82, 2.24) is 4.90 Å². The Labute approximate surface area is 218 Å². The number of thiophene rings is 1. The highest BCUT2D eigenvalue weighted by atomic mass is 32.2. The summed E-state index contributed by atoms with van der Waals surface area (Å²) in [5, 5.41) is 21.9. The number of nitrogens with zero attached hydrogens (tertiary/aromatic N) is 1. The van der Waals surface area contributed by atoms with Crippen LogP contribution in [-0.2, 0) is 14.3 Å². The fourth-order valence-corrected chi connectivity index (χ4v) is 6.47. The van der Waals surface area contributed by atoms with Crippen LogP contribution >= 0.6 is 23.1 Å². The lowest BCUT2D eigenvalue weighted by molar-refractivity contribution is -0.134. The first kappa shape index (κ1) is 26.0. The molecule has 0 bridgehead atoms. The molecule has 3 aromatic rings. The van der Waals surface area contributed by atoms with E-state index in [0.717, 1.165) is 25.9 Å². The molecule has 36 heavy (non-hydrogen) atoms. The number of carbonyl (C=O) groups is 2. The number of rotatable bonds is 7. The van der Waals surface area contributed by atoms with Gasteiger partial charge in [0.2, 0.25) is 0 Å². The Kier molecular flexibility index (Phi) is 8.85. The number of fused-ring (bicyclic) bond motifs is 2. The van der Waals surface area contributed by atoms with Crippen LogP contribution in [0.15, 0.2) is 71.0 Å². The maximum absolute atomic E-state index is 9.55. The van der Waals surface area contributed by atoms with E-state index in [0.29, 0.717) is 12.2 Å². The van der Waals surface area contributed by atoms with Crippen LogP contribution in [0.4, 0.5) is 0 Å². The molecule has 1 spiro atoms. The zero-order chi connectivity index (χ0) is 25.4. The molecule has 0 saturated carbocycles. The Balaban J connectivity index is 0.000000331. The number of hydrogen-bond acceptors (Lipinski definition) is 6. The lowest BCUT2D eigenvalue weighted by Gasteiger charge is -2.40. The lowest BCUT2D eigenvalue weighted by Crippen LogP contribution is -2.48. The van der Waals surface area contributed by atoms with E-state index in [1.165, 1.54) is 44.1 Å². The van der Waals surface area contributed by atoms with Crippen molar-refractivity contribution in [1.29, 1.82) is 0 Å². The molecule has 2 aliphatic heterocycles. The first-order chi connectivity index (χ1) is 17.4. The number of likely N-dealkylation sites (tertiary alicyclic amines) is 1. The summed E-state index contributed by atoms with van der Waals surface area (Å²) in [6.45, 7) is 3.43. The van der Waals surface area contributed by atoms with E-state index < -0.39 is 11.9 Å². The molecule has 1 saturated heterocycles. The first-order valence-corrected chi connectivity index (χ1v) is 13.7. The maximum Gasteiger partial charge on any atom is 0.328 e. The zero-order valence-electron chi connectivity index (χ0n) is 19.8. The van der Waals surface area contributed by atoms with Gasteiger partial charge in [-0.3, -0.25) is 0 Å². The number of piperidine rings is 1. The van der Waals surface area contributed by atoms with Gasteiger partial charge < -0.3 is 19.8 Å². The summed E-state index contributed by atoms with van der Waals surface area (Å²) >= 11 is 3.86. The molecule has 2 aliphatic rings. The maximum atomic E-state index is 9.55. The molecule has 2 aromatic carbocycles. The zero-order valence-corrected chi connectivity index (χ0v) is 21.5. The molecule has 0 amide bonds. The minimum Gasteiger partial charge on any atom is -0.490 e. The van der Waals surface area contributed by atoms with Crippen LogP contribution in [0.2, 0.25) is 0 Å². The molecule has 6 nitrogen and oxygen atoms in total. The number of carboxylic acids is 2. The molecule has 8 heteroatoms. The minimum absolute atomic E-state index is 0.0881. The average molecular weight is 524 g/mol. The molecule has 1 aromatic heterocycles. The van der Waals surface area contributed by atoms with Gasteiger partial charge in [0.15, 0.2) is 0 Å². The number of thioether (sulfide) groups is 1. The van der Waals surface area contributed by atoms with Crippen LogP contribution in [0.3, 0.4) is 0 Å². The van der Waals surface area contributed by atoms with Crippen LogP contribution in [0, 0.1) is 0 Å². The van der Waals surface area contributed by atoms with E-state index in [1.807, 2.05) is 29.4 Å². The van der Waals surface area contributed by atoms with Crippen molar-refractivity contribution < 1.29 is 24.5 Å². The van der Waals surface area contributed by atoms with Gasteiger partial charge in [-0.05, 0) is 36.1 Å². The molecule has 2 N–H and O–H groups in total. The second-order valence-corrected chi connectivity index (χ2v) is 10.8. The summed E-state index contributed by atoms with van der Waals surface area (Å²) in [4.78, 5) is 23.2. The minimum atomic E-state index is -1.26. The average Bonchev–Trinajstić information content (AvgIpc) is 3.30. The number of hydrogen-bond donors (Lipinski definition) is 2. The Morgan fingerprint density at radius 3 is 2.39 bits per heavy atom. The Bertz CT molecular complexity index is 1340. The van der Waals surface area contributed by atoms with Crippen LogP contribution in [-0.4, -0.2) is 58.0 Å². The molecular weight excluding hydrogens is 494 g/mol. The summed E-state index contributed by atoms with van der Waals surface area (Å²) < 4.78 is 7.58. The van der Waals surface area contributed by atoms with E-state index in [2.05, 4.69) is 64.9 Å². The fraction of sp³-hybridized carbons (Fsp3) is 0.286. The third-order valence-electron chi connectivity index (χ3n) is 6.23. The Morgan fingerprint density at radius 1 is 1.00 bits per heavy atom. The smallest absolute Gasteiger partial charge is 0.328 e. The summed E-state index contributed by atoms with van der Waals surface area (Å²) in [5.41, 5.74) is -0.0881. The third-order valence-corrected chi connectivity index (χ3v) is 8.48. The molecule has 3 heterocycles. The molecule has 0 atom stereocenters. The van der Waals surface area contributed by atoms with Gasteiger partial charge in [0, 0.05) is 63.7 Å². The quantitative estimate of drug-likeness (QED) is 0.273. The van der Waals surface area contributed by atoms with Gasteiger partial charge in [0.05, 0.1) is 6.26 Å². The summed E-state index contributed by atoms with van der Waals surface area (Å²) in [5.74, 6) is -1.33. The fourth-order valence-electron chi connectivity index (χ4n) is 4.34. The number of aliphatic carboxylic acids is 2. The molecular formula is C28H29NO5S2. The van der Waals surface area contributed by atoms with Crippen LogP contribution in [0.5, 0.6) is 0 Å². The number of benzene rings is 2. The first-order valence-electron chi connectivity index (χ1n) is 11.9. The van der Waals surface area contributed by atoms with Gasteiger partial charge in [-0.2, -0.15) is 0 Å². The van der Waals surface area contributed by atoms with Gasteiger partial charge in [-0.15, -0.1) is 23.1 Å². The van der Waals surface area contributed by atoms with Gasteiger partial charge >= 0.3 is 11.9 Å². The predicted octanol–water partition coefficient (Wildman–Crippen LogP) is 4.18. The monoisotopic (exact) mass is 523 g/mol. The topological polar surface area (TPSA) is 87.1 Å². The lowest BCUT2D eigenvalue weighted by atomic mass is 9.88. The van der Waals surface area contributed by atoms with Gasteiger partial charge in [0.1, 0.15) is 5.60 Å². The molecule has 0 radical (unpaired) electrons. The van der Waals surface area contributed by atoms with Crippen LogP contribution in [0.1, 0.15) is 19.3 Å². The highest BCUT2D eigenvalue weighted by Crippen LogP contribution is 2.34. The second kappa shape index (κ2) is 12.3. The predicted molar refractivity (Wildman–Crippen MR) is 146 cm³/mol. The summed E-state index contributed by atoms with van der Waals surface area (Å²) in [6.07, 6.45) is 8.84. The van der Waals surface area contributed by atoms with Crippen LogP contribution < -0.4 is 10.4 Å². The van der Waals surface area contributed by atoms with Gasteiger partial charge in [-0.25, -0.2) is 9.59 Å². The summed E-state index contributed by atoms with van der Waals surface area (Å²) in [6, 6.07) is 17.2. The van der Waals surface area contributed by atoms with Crippen LogP contribution in [0.25, 0.3) is 22.4 Å². The SMILES string of the molecule is C1=c2ccccc2=CC2(CCN(CCCSc3csc4ccccc34)CC2)O1.O=C(O)/C=C\C(=O)O. The molecule has 0 unspecified atom stereocenters. The van der Waals surface area contributed by atoms with Crippen molar-refractivity contribution in [2.75, 3.05) is 25.4 Å². The van der Waals surface area contributed by atoms with Crippen molar-refractivity contribution in [3.8, 4) is 0 Å². The molecule has 0 aliphatic carbocycles. The van der Waals surface area contributed by atoms with E-state index in [-0.39, 0.29) is 5.60 Å². The highest BCUT2D eigenvalue weighted by molar-refractivity contribution is 7.99. The van der Waals surface area contributed by atoms with E-state index >= 15 is 0 Å². The number of carboxylic acid groups (broad SMARTS) is 2. The van der Waals surface area contributed by atoms with Crippen molar-refractivity contribution in [2.24, 2.45) is 0 Å². The van der Waals surface area contributed by atoms with E-state index in [4.69, 9.17) is 14.9 Å². The van der Waals surface area contributed by atoms with E-state index in [1.54, 1.807) is 0 Å². The standard InChI is InChI=1S/C24H25NOS2.C4H4O4/c1-2-7-20-17-26-24(16-19(20)6-1)10-13-25(14-11-24)12-5-15-27-23-18-28-22-9-4-3-8-21(22)23;5-3(6)1-2-4(7)8/h1-4,6-9,16-18H,5,10-15H2;1-2H,(H,5,6)(H,7,8)/b;2-1-. The highest BCUT2D eigenvalue weighted by Gasteiger charge is 2.34. The Hall–Kier alpha value is -3.07. The van der Waals surface area contributed by atoms with E-state index in [9.17, 15) is 9.59 Å². The van der Waals surface area contributed by atoms with Gasteiger partial charge in [0.25, 0.3) is 0 Å². The molecule has 5 rings (SSSR count). The normalized spacial score (nSPS) is 16.3. The van der Waals surface area contributed by atoms with Crippen molar-refractivity contribution in [3.63, 3.8) is 0 Å². The largest absolute Gasteiger partial charge is 0.490 e. The summed E-state index contributed by atoms with van der Waals surface area (Å²) in [7, 11) is 0. The number of ether oxygens (including phenoxy) is 1. The second-order valence-electron chi connectivity index (χ2n) is 8.72. The van der Waals surface area contributed by atoms with Gasteiger partial charge in [-0.1, -0.05) is 42.5 Å². The Morgan fingerprint density at radius 2 is 1.67 bits per heavy atom. The van der Waals surface area contributed by atoms with Crippen molar-refractivity contribution in [2.45, 2.75) is 29.8 Å². The molecule has 188 valence electrons. The molecule has 1 fully saturated rings. The van der Waals surface area contributed by atoms with Crippen molar-refractivity contribution in [3.05, 3.63) is 76.5 Å². The third kappa shape index (κ3) is 7.00.